The van der Waals surface area contributed by atoms with E-state index in [1.165, 1.54) is 45.1 Å². The first-order valence-electron chi connectivity index (χ1n) is 6.99. The molecule has 2 unspecified atom stereocenters. The molecule has 2 rings (SSSR count). The van der Waals surface area contributed by atoms with Crippen molar-refractivity contribution in [2.24, 2.45) is 17.1 Å². The van der Waals surface area contributed by atoms with Gasteiger partial charge in [0.1, 0.15) is 0 Å². The Morgan fingerprint density at radius 1 is 1.41 bits per heavy atom. The normalized spacial score (nSPS) is 31.5. The molecule has 2 N–H and O–H groups in total. The van der Waals surface area contributed by atoms with E-state index >= 15 is 0 Å². The summed E-state index contributed by atoms with van der Waals surface area (Å²) in [6.07, 6.45) is 9.16. The molecule has 0 heterocycles. The van der Waals surface area contributed by atoms with E-state index in [0.29, 0.717) is 10.4 Å². The van der Waals surface area contributed by atoms with Gasteiger partial charge in [0.05, 0.1) is 4.99 Å². The van der Waals surface area contributed by atoms with E-state index in [9.17, 15) is 0 Å². The average molecular weight is 254 g/mol. The Labute approximate surface area is 111 Å². The number of nitrogens with zero attached hydrogens (tertiary/aromatic N) is 1. The monoisotopic (exact) mass is 254 g/mol. The first-order chi connectivity index (χ1) is 8.01. The van der Waals surface area contributed by atoms with Gasteiger partial charge >= 0.3 is 0 Å². The van der Waals surface area contributed by atoms with Crippen molar-refractivity contribution in [1.29, 1.82) is 0 Å². The van der Waals surface area contributed by atoms with Gasteiger partial charge in [0.25, 0.3) is 0 Å². The van der Waals surface area contributed by atoms with E-state index in [2.05, 4.69) is 18.9 Å². The fraction of sp³-hybridized carbons (Fsp3) is 0.929. The molecule has 0 saturated heterocycles. The van der Waals surface area contributed by atoms with Gasteiger partial charge < -0.3 is 10.6 Å². The molecule has 17 heavy (non-hydrogen) atoms. The van der Waals surface area contributed by atoms with Crippen molar-refractivity contribution in [2.45, 2.75) is 57.9 Å². The minimum absolute atomic E-state index is 0.446. The highest BCUT2D eigenvalue weighted by Gasteiger charge is 2.44. The Hall–Kier alpha value is -0.150. The summed E-state index contributed by atoms with van der Waals surface area (Å²) in [7, 11) is 2.29. The second-order valence-corrected chi connectivity index (χ2v) is 7.01. The lowest BCUT2D eigenvalue weighted by molar-refractivity contribution is 0.139. The molecule has 98 valence electrons. The molecule has 2 atom stereocenters. The molecule has 2 aliphatic rings. The van der Waals surface area contributed by atoms with Crippen molar-refractivity contribution in [2.75, 3.05) is 13.6 Å². The number of hydrogen-bond acceptors (Lipinski definition) is 2. The van der Waals surface area contributed by atoms with Crippen LogP contribution in [0.5, 0.6) is 0 Å². The Balaban J connectivity index is 1.84. The van der Waals surface area contributed by atoms with Crippen molar-refractivity contribution in [3.63, 3.8) is 0 Å². The number of hydrogen-bond donors (Lipinski definition) is 1. The molecule has 0 amide bonds. The molecule has 0 aromatic heterocycles. The van der Waals surface area contributed by atoms with Gasteiger partial charge in [-0.1, -0.05) is 32.0 Å². The second kappa shape index (κ2) is 5.23. The predicted molar refractivity (Wildman–Crippen MR) is 77.1 cm³/mol. The highest BCUT2D eigenvalue weighted by molar-refractivity contribution is 7.80. The molecular formula is C14H26N2S. The van der Waals surface area contributed by atoms with E-state index in [1.807, 2.05) is 0 Å². The largest absolute Gasteiger partial charge is 0.393 e. The van der Waals surface area contributed by atoms with E-state index in [-0.39, 0.29) is 0 Å². The Morgan fingerprint density at radius 2 is 2.12 bits per heavy atom. The lowest BCUT2D eigenvalue weighted by atomic mass is 9.86. The summed E-state index contributed by atoms with van der Waals surface area (Å²) in [5.74, 6) is 0.905. The van der Waals surface area contributed by atoms with Crippen molar-refractivity contribution in [3.8, 4) is 0 Å². The summed E-state index contributed by atoms with van der Waals surface area (Å²) in [6, 6.07) is 0.794. The maximum absolute atomic E-state index is 5.71. The molecule has 3 heteroatoms. The minimum atomic E-state index is 0.446. The fourth-order valence-electron chi connectivity index (χ4n) is 3.40. The van der Waals surface area contributed by atoms with Crippen LogP contribution in [0.3, 0.4) is 0 Å². The fourth-order valence-corrected chi connectivity index (χ4v) is 3.70. The molecule has 0 aromatic rings. The summed E-state index contributed by atoms with van der Waals surface area (Å²) in [5, 5.41) is 0. The molecule has 0 radical (unpaired) electrons. The zero-order chi connectivity index (χ0) is 12.5. The Morgan fingerprint density at radius 3 is 2.65 bits per heavy atom. The SMILES string of the molecule is CC1CCCC(N(C)CC2(CC(N)=S)CC2)C1. The third kappa shape index (κ3) is 3.65. The lowest BCUT2D eigenvalue weighted by Gasteiger charge is -2.36. The highest BCUT2D eigenvalue weighted by Crippen LogP contribution is 2.49. The third-order valence-electron chi connectivity index (χ3n) is 4.62. The number of thiocarbonyl (C=S) groups is 1. The predicted octanol–water partition coefficient (Wildman–Crippen LogP) is 2.95. The van der Waals surface area contributed by atoms with Crippen molar-refractivity contribution in [3.05, 3.63) is 0 Å². The molecule has 2 aliphatic carbocycles. The first-order valence-corrected chi connectivity index (χ1v) is 7.40. The minimum Gasteiger partial charge on any atom is -0.393 e. The summed E-state index contributed by atoms with van der Waals surface area (Å²) < 4.78 is 0. The van der Waals surface area contributed by atoms with Crippen molar-refractivity contribution < 1.29 is 0 Å². The van der Waals surface area contributed by atoms with Gasteiger partial charge in [-0.15, -0.1) is 0 Å². The van der Waals surface area contributed by atoms with E-state index < -0.39 is 0 Å². The van der Waals surface area contributed by atoms with E-state index in [0.717, 1.165) is 18.4 Å². The molecular weight excluding hydrogens is 228 g/mol. The summed E-state index contributed by atoms with van der Waals surface area (Å²) in [5.41, 5.74) is 6.15. The molecule has 2 fully saturated rings. The summed E-state index contributed by atoms with van der Waals surface area (Å²) in [4.78, 5) is 3.29. The van der Waals surface area contributed by atoms with Gasteiger partial charge in [0.2, 0.25) is 0 Å². The van der Waals surface area contributed by atoms with Crippen molar-refractivity contribution in [1.82, 2.24) is 4.90 Å². The van der Waals surface area contributed by atoms with Crippen LogP contribution in [-0.4, -0.2) is 29.5 Å². The molecule has 2 nitrogen and oxygen atoms in total. The maximum atomic E-state index is 5.71. The van der Waals surface area contributed by atoms with Crippen LogP contribution in [-0.2, 0) is 0 Å². The molecule has 2 saturated carbocycles. The quantitative estimate of drug-likeness (QED) is 0.765. The van der Waals surface area contributed by atoms with E-state index in [1.54, 1.807) is 0 Å². The van der Waals surface area contributed by atoms with Crippen LogP contribution in [0.25, 0.3) is 0 Å². The molecule has 0 aromatic carbocycles. The standard InChI is InChI=1S/C14H26N2S/c1-11-4-3-5-12(8-11)16(2)10-14(6-7-14)9-13(15)17/h11-12H,3-10H2,1-2H3,(H2,15,17). The van der Waals surface area contributed by atoms with Crippen LogP contribution in [0.1, 0.15) is 51.9 Å². The van der Waals surface area contributed by atoms with Gasteiger partial charge in [0, 0.05) is 19.0 Å². The zero-order valence-electron chi connectivity index (χ0n) is 11.2. The average Bonchev–Trinajstić information content (AvgIpc) is 2.96. The van der Waals surface area contributed by atoms with Gasteiger partial charge in [-0.05, 0) is 44.1 Å². The Bertz CT molecular complexity index is 286. The summed E-state index contributed by atoms with van der Waals surface area (Å²) >= 11 is 5.07. The lowest BCUT2D eigenvalue weighted by Crippen LogP contribution is -2.39. The summed E-state index contributed by atoms with van der Waals surface area (Å²) in [6.45, 7) is 3.59. The van der Waals surface area contributed by atoms with Crippen LogP contribution in [0.4, 0.5) is 0 Å². The van der Waals surface area contributed by atoms with Crippen LogP contribution < -0.4 is 5.73 Å². The first kappa shape index (κ1) is 13.3. The second-order valence-electron chi connectivity index (χ2n) is 6.48. The third-order valence-corrected chi connectivity index (χ3v) is 4.77. The van der Waals surface area contributed by atoms with Crippen LogP contribution >= 0.6 is 12.2 Å². The van der Waals surface area contributed by atoms with Crippen molar-refractivity contribution >= 4 is 17.2 Å². The van der Waals surface area contributed by atoms with Gasteiger partial charge in [-0.25, -0.2) is 0 Å². The van der Waals surface area contributed by atoms with Crippen LogP contribution in [0, 0.1) is 11.3 Å². The molecule has 0 bridgehead atoms. The smallest absolute Gasteiger partial charge is 0.0733 e. The maximum Gasteiger partial charge on any atom is 0.0733 e. The Kier molecular flexibility index (Phi) is 4.09. The van der Waals surface area contributed by atoms with E-state index in [4.69, 9.17) is 18.0 Å². The van der Waals surface area contributed by atoms with Crippen LogP contribution in [0.15, 0.2) is 0 Å². The van der Waals surface area contributed by atoms with Gasteiger partial charge in [0.15, 0.2) is 0 Å². The highest BCUT2D eigenvalue weighted by atomic mass is 32.1. The van der Waals surface area contributed by atoms with Gasteiger partial charge in [-0.2, -0.15) is 0 Å². The molecule has 0 aliphatic heterocycles. The number of nitrogens with two attached hydrogens (primary N) is 1. The zero-order valence-corrected chi connectivity index (χ0v) is 12.1. The van der Waals surface area contributed by atoms with Crippen LogP contribution in [0.2, 0.25) is 0 Å². The molecule has 0 spiro atoms. The number of rotatable bonds is 5. The topological polar surface area (TPSA) is 29.3 Å². The van der Waals surface area contributed by atoms with Gasteiger partial charge in [-0.3, -0.25) is 0 Å².